The highest BCUT2D eigenvalue weighted by molar-refractivity contribution is 5.27. The fourth-order valence-electron chi connectivity index (χ4n) is 2.29. The van der Waals surface area contributed by atoms with E-state index in [9.17, 15) is 4.39 Å². The van der Waals surface area contributed by atoms with E-state index < -0.39 is 0 Å². The molecule has 0 aliphatic rings. The number of aryl methyl sites for hydroxylation is 1. The number of hydrogen-bond acceptors (Lipinski definition) is 1. The largest absolute Gasteiger partial charge is 0.316 e. The molecule has 1 atom stereocenters. The SMILES string of the molecule is CCC(C)(CNCC(C)C)Cc1ccc(F)cc1C. The smallest absolute Gasteiger partial charge is 0.123 e. The molecule has 1 aromatic rings. The second-order valence-electron chi connectivity index (χ2n) is 6.44. The predicted octanol–water partition coefficient (Wildman–Crippen LogP) is 4.34. The molecule has 0 spiro atoms. The highest BCUT2D eigenvalue weighted by atomic mass is 19.1. The van der Waals surface area contributed by atoms with Crippen LogP contribution in [-0.2, 0) is 6.42 Å². The summed E-state index contributed by atoms with van der Waals surface area (Å²) in [6, 6.07) is 5.13. The molecule has 0 bridgehead atoms. The third kappa shape index (κ3) is 5.32. The highest BCUT2D eigenvalue weighted by Crippen LogP contribution is 2.27. The van der Waals surface area contributed by atoms with Gasteiger partial charge in [-0.3, -0.25) is 0 Å². The van der Waals surface area contributed by atoms with Crippen molar-refractivity contribution in [3.8, 4) is 0 Å². The summed E-state index contributed by atoms with van der Waals surface area (Å²) < 4.78 is 13.1. The van der Waals surface area contributed by atoms with Crippen molar-refractivity contribution in [2.24, 2.45) is 11.3 Å². The summed E-state index contributed by atoms with van der Waals surface area (Å²) in [4.78, 5) is 0. The third-order valence-electron chi connectivity index (χ3n) is 3.88. The standard InChI is InChI=1S/C17H28FN/c1-6-17(5,12-19-11-13(2)3)10-15-7-8-16(18)9-14(15)4/h7-9,13,19H,6,10-12H2,1-5H3. The molecule has 2 heteroatoms. The fourth-order valence-corrected chi connectivity index (χ4v) is 2.29. The third-order valence-corrected chi connectivity index (χ3v) is 3.88. The monoisotopic (exact) mass is 265 g/mol. The van der Waals surface area contributed by atoms with E-state index in [1.54, 1.807) is 12.1 Å². The van der Waals surface area contributed by atoms with E-state index in [-0.39, 0.29) is 11.2 Å². The number of hydrogen-bond donors (Lipinski definition) is 1. The molecule has 0 aromatic heterocycles. The van der Waals surface area contributed by atoms with Gasteiger partial charge in [0.15, 0.2) is 0 Å². The number of rotatable bonds is 7. The predicted molar refractivity (Wildman–Crippen MR) is 80.9 cm³/mol. The van der Waals surface area contributed by atoms with Crippen LogP contribution < -0.4 is 5.32 Å². The lowest BCUT2D eigenvalue weighted by Gasteiger charge is -2.30. The Labute approximate surface area is 117 Å². The highest BCUT2D eigenvalue weighted by Gasteiger charge is 2.23. The van der Waals surface area contributed by atoms with Crippen molar-refractivity contribution < 1.29 is 4.39 Å². The van der Waals surface area contributed by atoms with Crippen LogP contribution in [0.15, 0.2) is 18.2 Å². The summed E-state index contributed by atoms with van der Waals surface area (Å²) in [6.07, 6.45) is 2.12. The van der Waals surface area contributed by atoms with Crippen molar-refractivity contribution >= 4 is 0 Å². The Balaban J connectivity index is 2.68. The van der Waals surface area contributed by atoms with Gasteiger partial charge in [-0.15, -0.1) is 0 Å². The van der Waals surface area contributed by atoms with Crippen molar-refractivity contribution in [3.63, 3.8) is 0 Å². The maximum absolute atomic E-state index is 13.1. The van der Waals surface area contributed by atoms with Gasteiger partial charge in [-0.05, 0) is 60.9 Å². The van der Waals surface area contributed by atoms with E-state index in [1.807, 2.05) is 13.0 Å². The van der Waals surface area contributed by atoms with E-state index >= 15 is 0 Å². The van der Waals surface area contributed by atoms with Crippen LogP contribution >= 0.6 is 0 Å². The molecule has 0 aliphatic carbocycles. The molecule has 0 saturated carbocycles. The second kappa shape index (κ2) is 7.04. The van der Waals surface area contributed by atoms with Crippen LogP contribution in [0.4, 0.5) is 4.39 Å². The quantitative estimate of drug-likeness (QED) is 0.773. The molecule has 0 fully saturated rings. The number of nitrogens with one attached hydrogen (secondary N) is 1. The van der Waals surface area contributed by atoms with Gasteiger partial charge >= 0.3 is 0 Å². The minimum atomic E-state index is -0.141. The van der Waals surface area contributed by atoms with Crippen LogP contribution in [0.5, 0.6) is 0 Å². The summed E-state index contributed by atoms with van der Waals surface area (Å²) >= 11 is 0. The Bertz CT molecular complexity index is 400. The molecule has 1 aromatic carbocycles. The van der Waals surface area contributed by atoms with Gasteiger partial charge in [0.25, 0.3) is 0 Å². The van der Waals surface area contributed by atoms with E-state index in [4.69, 9.17) is 0 Å². The Morgan fingerprint density at radius 3 is 2.53 bits per heavy atom. The molecule has 1 N–H and O–H groups in total. The minimum Gasteiger partial charge on any atom is -0.316 e. The lowest BCUT2D eigenvalue weighted by molar-refractivity contribution is 0.284. The first-order valence-corrected chi connectivity index (χ1v) is 7.32. The van der Waals surface area contributed by atoms with E-state index in [0.29, 0.717) is 5.92 Å². The van der Waals surface area contributed by atoms with Crippen LogP contribution in [0.3, 0.4) is 0 Å². The molecule has 1 unspecified atom stereocenters. The number of benzene rings is 1. The lowest BCUT2D eigenvalue weighted by atomic mass is 9.80. The molecule has 1 nitrogen and oxygen atoms in total. The normalized spacial score (nSPS) is 14.7. The molecule has 0 amide bonds. The van der Waals surface area contributed by atoms with E-state index in [2.05, 4.69) is 33.0 Å². The van der Waals surface area contributed by atoms with Crippen molar-refractivity contribution in [1.82, 2.24) is 5.32 Å². The molecule has 1 rings (SSSR count). The summed E-state index contributed by atoms with van der Waals surface area (Å²) in [5.74, 6) is 0.533. The second-order valence-corrected chi connectivity index (χ2v) is 6.44. The number of halogens is 1. The first-order valence-electron chi connectivity index (χ1n) is 7.32. The lowest BCUT2D eigenvalue weighted by Crippen LogP contribution is -2.35. The van der Waals surface area contributed by atoms with Crippen molar-refractivity contribution in [1.29, 1.82) is 0 Å². The molecule has 0 aliphatic heterocycles. The summed E-state index contributed by atoms with van der Waals surface area (Å²) in [5, 5.41) is 3.55. The van der Waals surface area contributed by atoms with Gasteiger partial charge in [-0.2, -0.15) is 0 Å². The average Bonchev–Trinajstić information content (AvgIpc) is 2.32. The zero-order valence-electron chi connectivity index (χ0n) is 13.0. The Kier molecular flexibility index (Phi) is 5.99. The summed E-state index contributed by atoms with van der Waals surface area (Å²) in [7, 11) is 0. The minimum absolute atomic E-state index is 0.141. The van der Waals surface area contributed by atoms with Crippen LogP contribution in [0, 0.1) is 24.1 Å². The molecule has 108 valence electrons. The topological polar surface area (TPSA) is 12.0 Å². The Morgan fingerprint density at radius 1 is 1.32 bits per heavy atom. The van der Waals surface area contributed by atoms with Gasteiger partial charge < -0.3 is 5.32 Å². The molecule has 0 radical (unpaired) electrons. The van der Waals surface area contributed by atoms with Gasteiger partial charge in [0, 0.05) is 6.54 Å². The maximum atomic E-state index is 13.1. The van der Waals surface area contributed by atoms with Crippen molar-refractivity contribution in [2.75, 3.05) is 13.1 Å². The molecule has 0 saturated heterocycles. The van der Waals surface area contributed by atoms with Gasteiger partial charge in [-0.1, -0.05) is 33.8 Å². The van der Waals surface area contributed by atoms with Gasteiger partial charge in [0.1, 0.15) is 5.82 Å². The molecule has 19 heavy (non-hydrogen) atoms. The fraction of sp³-hybridized carbons (Fsp3) is 0.647. The maximum Gasteiger partial charge on any atom is 0.123 e. The first kappa shape index (κ1) is 16.2. The van der Waals surface area contributed by atoms with Gasteiger partial charge in [-0.25, -0.2) is 4.39 Å². The molecular weight excluding hydrogens is 237 g/mol. The zero-order valence-corrected chi connectivity index (χ0v) is 13.0. The van der Waals surface area contributed by atoms with Crippen LogP contribution in [0.2, 0.25) is 0 Å². The van der Waals surface area contributed by atoms with Crippen LogP contribution in [0.25, 0.3) is 0 Å². The van der Waals surface area contributed by atoms with E-state index in [0.717, 1.165) is 31.5 Å². The van der Waals surface area contributed by atoms with Crippen LogP contribution in [-0.4, -0.2) is 13.1 Å². The molecular formula is C17H28FN. The van der Waals surface area contributed by atoms with Gasteiger partial charge in [0.2, 0.25) is 0 Å². The first-order chi connectivity index (χ1) is 8.86. The summed E-state index contributed by atoms with van der Waals surface area (Å²) in [5.41, 5.74) is 2.55. The molecule has 0 heterocycles. The van der Waals surface area contributed by atoms with Crippen molar-refractivity contribution in [2.45, 2.75) is 47.5 Å². The zero-order chi connectivity index (χ0) is 14.5. The van der Waals surface area contributed by atoms with E-state index in [1.165, 1.54) is 5.56 Å². The van der Waals surface area contributed by atoms with Crippen molar-refractivity contribution in [3.05, 3.63) is 35.1 Å². The Morgan fingerprint density at radius 2 is 2.00 bits per heavy atom. The average molecular weight is 265 g/mol. The van der Waals surface area contributed by atoms with Gasteiger partial charge in [0.05, 0.1) is 0 Å². The Hall–Kier alpha value is -0.890. The van der Waals surface area contributed by atoms with Crippen LogP contribution in [0.1, 0.15) is 45.2 Å². The summed E-state index contributed by atoms with van der Waals surface area (Å²) in [6.45, 7) is 13.0.